The number of nitrogens with zero attached hydrogens (tertiary/aromatic N) is 1. The fourth-order valence-electron chi connectivity index (χ4n) is 4.10. The van der Waals surface area contributed by atoms with Crippen molar-refractivity contribution in [3.8, 4) is 28.7 Å². The molecule has 0 aliphatic rings. The molecule has 0 heterocycles. The van der Waals surface area contributed by atoms with Crippen LogP contribution in [0.1, 0.15) is 48.2 Å². The fraction of sp³-hybridized carbons (Fsp3) is 0.333. The van der Waals surface area contributed by atoms with Gasteiger partial charge in [0.2, 0.25) is 0 Å². The molecule has 0 spiro atoms. The van der Waals surface area contributed by atoms with Gasteiger partial charge in [-0.15, -0.1) is 13.2 Å². The minimum absolute atomic E-state index is 0.0820. The number of aryl methyl sites for hydroxylation is 1. The second kappa shape index (κ2) is 13.3. The van der Waals surface area contributed by atoms with Crippen LogP contribution < -0.4 is 14.8 Å². The maximum atomic E-state index is 12.7. The second-order valence-corrected chi connectivity index (χ2v) is 9.94. The van der Waals surface area contributed by atoms with Crippen LogP contribution in [0.25, 0.3) is 11.1 Å². The Morgan fingerprint density at radius 3 is 2.35 bits per heavy atom. The third-order valence-corrected chi connectivity index (χ3v) is 6.26. The number of carboxylic acids is 1. The number of nitriles is 1. The first-order valence-corrected chi connectivity index (χ1v) is 12.6. The van der Waals surface area contributed by atoms with Gasteiger partial charge in [-0.05, 0) is 80.1 Å². The summed E-state index contributed by atoms with van der Waals surface area (Å²) in [5.74, 6) is -0.936. The SMILES string of the molecule is CC(C)(CCCc1ccccc1OC(F)(F)F)NC[C@@H](O)COc1cc(-c2ccc(C(=O)O)cc2)ccc1C#N. The lowest BCUT2D eigenvalue weighted by Gasteiger charge is -2.28. The number of nitrogens with one attached hydrogen (secondary N) is 1. The zero-order valence-corrected chi connectivity index (χ0v) is 22.2. The number of hydrogen-bond acceptors (Lipinski definition) is 6. The first-order valence-electron chi connectivity index (χ1n) is 12.6. The zero-order valence-electron chi connectivity index (χ0n) is 22.2. The highest BCUT2D eigenvalue weighted by molar-refractivity contribution is 5.88. The number of rotatable bonds is 13. The van der Waals surface area contributed by atoms with Crippen LogP contribution in [0.4, 0.5) is 13.2 Å². The number of aliphatic hydroxyl groups is 1. The van der Waals surface area contributed by atoms with E-state index in [1.165, 1.54) is 24.3 Å². The first-order chi connectivity index (χ1) is 18.9. The molecule has 3 N–H and O–H groups in total. The van der Waals surface area contributed by atoms with Crippen LogP contribution in [-0.4, -0.2) is 47.3 Å². The number of benzene rings is 3. The predicted molar refractivity (Wildman–Crippen MR) is 143 cm³/mol. The van der Waals surface area contributed by atoms with E-state index in [2.05, 4.69) is 16.1 Å². The molecule has 0 bridgehead atoms. The Balaban J connectivity index is 1.52. The fourth-order valence-corrected chi connectivity index (χ4v) is 4.10. The van der Waals surface area contributed by atoms with Gasteiger partial charge in [-0.1, -0.05) is 36.4 Å². The summed E-state index contributed by atoms with van der Waals surface area (Å²) in [6.45, 7) is 3.98. The van der Waals surface area contributed by atoms with E-state index in [0.717, 1.165) is 11.1 Å². The molecule has 0 aromatic heterocycles. The number of para-hydroxylation sites is 1. The Morgan fingerprint density at radius 2 is 1.70 bits per heavy atom. The summed E-state index contributed by atoms with van der Waals surface area (Å²) in [5, 5.41) is 32.3. The summed E-state index contributed by atoms with van der Waals surface area (Å²) < 4.78 is 47.8. The van der Waals surface area contributed by atoms with Gasteiger partial charge in [0.05, 0.1) is 11.1 Å². The standard InChI is InChI=1S/C30H31F3N2O5/c1-29(2,15-5-7-21-6-3-4-8-26(21)40-30(31,32)33)35-18-25(36)19-39-27-16-23(13-14-24(27)17-34)20-9-11-22(12-10-20)28(37)38/h3-4,6,8-14,16,25,35-36H,5,7,15,18-19H2,1-2H3,(H,37,38)/t25-/m1/s1. The lowest BCUT2D eigenvalue weighted by Crippen LogP contribution is -2.44. The minimum atomic E-state index is -4.75. The van der Waals surface area contributed by atoms with Crippen molar-refractivity contribution in [2.24, 2.45) is 0 Å². The van der Waals surface area contributed by atoms with Gasteiger partial charge in [0.1, 0.15) is 30.3 Å². The molecule has 40 heavy (non-hydrogen) atoms. The number of carbonyl (C=O) groups is 1. The van der Waals surface area contributed by atoms with E-state index in [1.807, 2.05) is 13.8 Å². The number of aromatic carboxylic acids is 1. The predicted octanol–water partition coefficient (Wildman–Crippen LogP) is 5.95. The van der Waals surface area contributed by atoms with Gasteiger partial charge < -0.3 is 25.0 Å². The Morgan fingerprint density at radius 1 is 1.02 bits per heavy atom. The van der Waals surface area contributed by atoms with E-state index in [9.17, 15) is 28.3 Å². The molecule has 3 aromatic rings. The zero-order chi connectivity index (χ0) is 29.3. The van der Waals surface area contributed by atoms with Crippen molar-refractivity contribution in [2.45, 2.75) is 51.1 Å². The van der Waals surface area contributed by atoms with E-state index in [0.29, 0.717) is 36.1 Å². The smallest absolute Gasteiger partial charge is 0.489 e. The molecule has 10 heteroatoms. The Kier molecular flexibility index (Phi) is 10.2. The molecular formula is C30H31F3N2O5. The number of halogens is 3. The second-order valence-electron chi connectivity index (χ2n) is 9.94. The number of hydrogen-bond donors (Lipinski definition) is 3. The van der Waals surface area contributed by atoms with Gasteiger partial charge in [0.15, 0.2) is 0 Å². The molecular weight excluding hydrogens is 525 g/mol. The molecule has 0 radical (unpaired) electrons. The normalized spacial score (nSPS) is 12.4. The van der Waals surface area contributed by atoms with E-state index >= 15 is 0 Å². The van der Waals surface area contributed by atoms with Crippen LogP contribution in [0.3, 0.4) is 0 Å². The van der Waals surface area contributed by atoms with Crippen molar-refractivity contribution in [3.63, 3.8) is 0 Å². The van der Waals surface area contributed by atoms with Gasteiger partial charge in [0, 0.05) is 12.1 Å². The molecule has 0 aliphatic carbocycles. The molecule has 0 amide bonds. The Hall–Kier alpha value is -4.07. The topological polar surface area (TPSA) is 112 Å². The van der Waals surface area contributed by atoms with Gasteiger partial charge in [-0.2, -0.15) is 5.26 Å². The highest BCUT2D eigenvalue weighted by Crippen LogP contribution is 2.29. The van der Waals surface area contributed by atoms with Crippen LogP contribution in [-0.2, 0) is 6.42 Å². The molecule has 3 rings (SSSR count). The van der Waals surface area contributed by atoms with Crippen molar-refractivity contribution in [1.82, 2.24) is 5.32 Å². The van der Waals surface area contributed by atoms with Crippen LogP contribution in [0.2, 0.25) is 0 Å². The van der Waals surface area contributed by atoms with Gasteiger partial charge in [0.25, 0.3) is 0 Å². The van der Waals surface area contributed by atoms with E-state index < -0.39 is 24.0 Å². The van der Waals surface area contributed by atoms with Crippen LogP contribution in [0.15, 0.2) is 66.7 Å². The number of ether oxygens (including phenoxy) is 2. The molecule has 1 atom stereocenters. The van der Waals surface area contributed by atoms with Crippen LogP contribution in [0, 0.1) is 11.3 Å². The van der Waals surface area contributed by atoms with Crippen molar-refractivity contribution in [3.05, 3.63) is 83.4 Å². The molecule has 0 unspecified atom stereocenters. The average molecular weight is 557 g/mol. The van der Waals surface area contributed by atoms with Crippen molar-refractivity contribution in [2.75, 3.05) is 13.2 Å². The summed E-state index contributed by atoms with van der Waals surface area (Å²) in [6, 6.07) is 19.4. The molecule has 212 valence electrons. The lowest BCUT2D eigenvalue weighted by atomic mass is 9.95. The summed E-state index contributed by atoms with van der Waals surface area (Å²) in [6.07, 6.45) is -4.03. The minimum Gasteiger partial charge on any atom is -0.489 e. The first kappa shape index (κ1) is 30.5. The summed E-state index contributed by atoms with van der Waals surface area (Å²) in [4.78, 5) is 11.1. The van der Waals surface area contributed by atoms with Crippen molar-refractivity contribution >= 4 is 5.97 Å². The van der Waals surface area contributed by atoms with Gasteiger partial charge in [-0.3, -0.25) is 0 Å². The number of alkyl halides is 3. The van der Waals surface area contributed by atoms with Crippen molar-refractivity contribution in [1.29, 1.82) is 5.26 Å². The number of β-amino-alcohol motifs (C(OH)–C–C–N with tert-alkyl or cyclic N) is 1. The van der Waals surface area contributed by atoms with Gasteiger partial charge >= 0.3 is 12.3 Å². The molecule has 0 saturated carbocycles. The van der Waals surface area contributed by atoms with Crippen LogP contribution in [0.5, 0.6) is 11.5 Å². The number of carboxylic acid groups (broad SMARTS) is 1. The molecule has 0 aliphatic heterocycles. The molecule has 0 saturated heterocycles. The maximum absolute atomic E-state index is 12.7. The molecule has 7 nitrogen and oxygen atoms in total. The van der Waals surface area contributed by atoms with E-state index in [-0.39, 0.29) is 24.5 Å². The monoisotopic (exact) mass is 556 g/mol. The number of aliphatic hydroxyl groups excluding tert-OH is 1. The Bertz CT molecular complexity index is 1330. The van der Waals surface area contributed by atoms with Gasteiger partial charge in [-0.25, -0.2) is 4.79 Å². The van der Waals surface area contributed by atoms with E-state index in [4.69, 9.17) is 9.84 Å². The highest BCUT2D eigenvalue weighted by atomic mass is 19.4. The third kappa shape index (κ3) is 9.29. The lowest BCUT2D eigenvalue weighted by molar-refractivity contribution is -0.274. The Labute approximate surface area is 230 Å². The molecule has 3 aromatic carbocycles. The summed E-state index contributed by atoms with van der Waals surface area (Å²) >= 11 is 0. The average Bonchev–Trinajstić information content (AvgIpc) is 2.90. The maximum Gasteiger partial charge on any atom is 0.573 e. The van der Waals surface area contributed by atoms with E-state index in [1.54, 1.807) is 42.5 Å². The van der Waals surface area contributed by atoms with Crippen molar-refractivity contribution < 1.29 is 37.7 Å². The quantitative estimate of drug-likeness (QED) is 0.238. The summed E-state index contributed by atoms with van der Waals surface area (Å²) in [7, 11) is 0. The summed E-state index contributed by atoms with van der Waals surface area (Å²) in [5.41, 5.74) is 1.98. The third-order valence-electron chi connectivity index (χ3n) is 6.26. The van der Waals surface area contributed by atoms with Crippen LogP contribution >= 0.6 is 0 Å². The highest BCUT2D eigenvalue weighted by Gasteiger charge is 2.32. The molecule has 0 fully saturated rings. The largest absolute Gasteiger partial charge is 0.573 e.